The SMILES string of the molecule is Cc1oncc1C(=O)NCC(Br)CC(C)(C)C. The number of nitrogens with one attached hydrogen (secondary N) is 1. The van der Waals surface area contributed by atoms with Gasteiger partial charge in [-0.1, -0.05) is 41.9 Å². The Balaban J connectivity index is 2.42. The first-order valence-electron chi connectivity index (χ1n) is 5.63. The minimum Gasteiger partial charge on any atom is -0.361 e. The molecule has 0 radical (unpaired) electrons. The van der Waals surface area contributed by atoms with Gasteiger partial charge in [0.2, 0.25) is 0 Å². The smallest absolute Gasteiger partial charge is 0.256 e. The summed E-state index contributed by atoms with van der Waals surface area (Å²) >= 11 is 3.57. The highest BCUT2D eigenvalue weighted by Gasteiger charge is 2.18. The first-order chi connectivity index (χ1) is 7.79. The van der Waals surface area contributed by atoms with Crippen molar-refractivity contribution in [2.24, 2.45) is 5.41 Å². The van der Waals surface area contributed by atoms with Crippen LogP contribution in [0.2, 0.25) is 0 Å². The van der Waals surface area contributed by atoms with Gasteiger partial charge >= 0.3 is 0 Å². The van der Waals surface area contributed by atoms with Gasteiger partial charge in [0.25, 0.3) is 5.91 Å². The van der Waals surface area contributed by atoms with Crippen LogP contribution in [-0.4, -0.2) is 22.4 Å². The summed E-state index contributed by atoms with van der Waals surface area (Å²) in [5.41, 5.74) is 0.742. The molecular formula is C12H19BrN2O2. The van der Waals surface area contributed by atoms with E-state index in [-0.39, 0.29) is 16.1 Å². The Bertz CT molecular complexity index is 382. The third-order valence-electron chi connectivity index (χ3n) is 2.31. The molecule has 0 bridgehead atoms. The number of amides is 1. The molecule has 0 aromatic carbocycles. The molecule has 1 aromatic rings. The van der Waals surface area contributed by atoms with Crippen LogP contribution in [0.5, 0.6) is 0 Å². The molecule has 0 aliphatic heterocycles. The largest absolute Gasteiger partial charge is 0.361 e. The predicted molar refractivity (Wildman–Crippen MR) is 70.4 cm³/mol. The van der Waals surface area contributed by atoms with E-state index < -0.39 is 0 Å². The number of hydrogen-bond acceptors (Lipinski definition) is 3. The topological polar surface area (TPSA) is 55.1 Å². The van der Waals surface area contributed by atoms with Gasteiger partial charge in [0.15, 0.2) is 0 Å². The second-order valence-corrected chi connectivity index (χ2v) is 6.66. The second kappa shape index (κ2) is 5.67. The number of carbonyl (C=O) groups excluding carboxylic acids is 1. The third-order valence-corrected chi connectivity index (χ3v) is 2.96. The van der Waals surface area contributed by atoms with Crippen molar-refractivity contribution < 1.29 is 9.32 Å². The maximum atomic E-state index is 11.8. The highest BCUT2D eigenvalue weighted by atomic mass is 79.9. The van der Waals surface area contributed by atoms with E-state index >= 15 is 0 Å². The first-order valence-corrected chi connectivity index (χ1v) is 6.55. The Morgan fingerprint density at radius 2 is 2.24 bits per heavy atom. The molecule has 0 spiro atoms. The summed E-state index contributed by atoms with van der Waals surface area (Å²) in [7, 11) is 0. The van der Waals surface area contributed by atoms with E-state index in [1.165, 1.54) is 6.20 Å². The van der Waals surface area contributed by atoms with E-state index in [0.29, 0.717) is 17.9 Å². The van der Waals surface area contributed by atoms with Gasteiger partial charge in [-0.15, -0.1) is 0 Å². The number of alkyl halides is 1. The van der Waals surface area contributed by atoms with Crippen molar-refractivity contribution in [3.05, 3.63) is 17.5 Å². The molecular weight excluding hydrogens is 284 g/mol. The van der Waals surface area contributed by atoms with E-state index in [1.807, 2.05) is 0 Å². The van der Waals surface area contributed by atoms with Crippen molar-refractivity contribution in [1.82, 2.24) is 10.5 Å². The average Bonchev–Trinajstić information content (AvgIpc) is 2.58. The summed E-state index contributed by atoms with van der Waals surface area (Å²) < 4.78 is 4.85. The molecule has 0 fully saturated rings. The molecule has 1 aromatic heterocycles. The summed E-state index contributed by atoms with van der Waals surface area (Å²) in [4.78, 5) is 12.0. The molecule has 0 saturated carbocycles. The minimum atomic E-state index is -0.137. The Morgan fingerprint density at radius 1 is 1.59 bits per heavy atom. The standard InChI is InChI=1S/C12H19BrN2O2/c1-8-10(7-15-17-8)11(16)14-6-9(13)5-12(2,3)4/h7,9H,5-6H2,1-4H3,(H,14,16). The zero-order valence-electron chi connectivity index (χ0n) is 10.7. The summed E-state index contributed by atoms with van der Waals surface area (Å²) in [6.07, 6.45) is 2.44. The van der Waals surface area contributed by atoms with Crippen LogP contribution in [0.25, 0.3) is 0 Å². The second-order valence-electron chi connectivity index (χ2n) is 5.37. The summed E-state index contributed by atoms with van der Waals surface area (Å²) in [5.74, 6) is 0.409. The molecule has 1 amide bonds. The molecule has 1 heterocycles. The fraction of sp³-hybridized carbons (Fsp3) is 0.667. The Kier molecular flexibility index (Phi) is 4.74. The Labute approximate surface area is 110 Å². The summed E-state index contributed by atoms with van der Waals surface area (Å²) in [6.45, 7) is 8.84. The Morgan fingerprint density at radius 3 is 2.71 bits per heavy atom. The van der Waals surface area contributed by atoms with Gasteiger partial charge in [-0.3, -0.25) is 4.79 Å². The molecule has 4 nitrogen and oxygen atoms in total. The van der Waals surface area contributed by atoms with Crippen LogP contribution in [-0.2, 0) is 0 Å². The number of aromatic nitrogens is 1. The lowest BCUT2D eigenvalue weighted by atomic mass is 9.90. The average molecular weight is 303 g/mol. The van der Waals surface area contributed by atoms with Crippen molar-refractivity contribution in [3.63, 3.8) is 0 Å². The Hall–Kier alpha value is -0.840. The summed E-state index contributed by atoms with van der Waals surface area (Å²) in [6, 6.07) is 0. The normalized spacial score (nSPS) is 13.5. The van der Waals surface area contributed by atoms with Crippen molar-refractivity contribution in [3.8, 4) is 0 Å². The monoisotopic (exact) mass is 302 g/mol. The maximum Gasteiger partial charge on any atom is 0.256 e. The van der Waals surface area contributed by atoms with Crippen LogP contribution in [0, 0.1) is 12.3 Å². The number of hydrogen-bond donors (Lipinski definition) is 1. The van der Waals surface area contributed by atoms with Gasteiger partial charge in [0.05, 0.1) is 6.20 Å². The van der Waals surface area contributed by atoms with Crippen molar-refractivity contribution in [2.75, 3.05) is 6.54 Å². The van der Waals surface area contributed by atoms with Crippen molar-refractivity contribution in [2.45, 2.75) is 38.9 Å². The number of aryl methyl sites for hydroxylation is 1. The minimum absolute atomic E-state index is 0.137. The van der Waals surface area contributed by atoms with Crippen LogP contribution in [0.3, 0.4) is 0 Å². The third kappa shape index (κ3) is 4.89. The van der Waals surface area contributed by atoms with E-state index in [0.717, 1.165) is 6.42 Å². The lowest BCUT2D eigenvalue weighted by Crippen LogP contribution is -2.31. The van der Waals surface area contributed by atoms with Crippen LogP contribution in [0.1, 0.15) is 43.3 Å². The number of halogens is 1. The van der Waals surface area contributed by atoms with Crippen molar-refractivity contribution >= 4 is 21.8 Å². The molecule has 1 atom stereocenters. The molecule has 1 N–H and O–H groups in total. The van der Waals surface area contributed by atoms with Gasteiger partial charge in [0, 0.05) is 11.4 Å². The van der Waals surface area contributed by atoms with Crippen LogP contribution < -0.4 is 5.32 Å². The van der Waals surface area contributed by atoms with E-state index in [4.69, 9.17) is 4.52 Å². The predicted octanol–water partition coefficient (Wildman–Crippen LogP) is 2.91. The van der Waals surface area contributed by atoms with E-state index in [1.54, 1.807) is 6.92 Å². The quantitative estimate of drug-likeness (QED) is 0.870. The van der Waals surface area contributed by atoms with Crippen LogP contribution in [0.4, 0.5) is 0 Å². The van der Waals surface area contributed by atoms with Crippen LogP contribution in [0.15, 0.2) is 10.7 Å². The molecule has 17 heavy (non-hydrogen) atoms. The number of rotatable bonds is 4. The molecule has 5 heteroatoms. The van der Waals surface area contributed by atoms with Gasteiger partial charge in [-0.2, -0.15) is 0 Å². The molecule has 0 aliphatic carbocycles. The van der Waals surface area contributed by atoms with E-state index in [2.05, 4.69) is 47.2 Å². The zero-order valence-corrected chi connectivity index (χ0v) is 12.3. The summed E-state index contributed by atoms with van der Waals surface area (Å²) in [5, 5.41) is 6.44. The lowest BCUT2D eigenvalue weighted by Gasteiger charge is -2.22. The van der Waals surface area contributed by atoms with Gasteiger partial charge in [-0.05, 0) is 18.8 Å². The highest BCUT2D eigenvalue weighted by molar-refractivity contribution is 9.09. The highest BCUT2D eigenvalue weighted by Crippen LogP contribution is 2.24. The molecule has 0 saturated heterocycles. The van der Waals surface area contributed by atoms with Crippen molar-refractivity contribution in [1.29, 1.82) is 0 Å². The zero-order chi connectivity index (χ0) is 13.1. The molecule has 96 valence electrons. The first kappa shape index (κ1) is 14.2. The van der Waals surface area contributed by atoms with Gasteiger partial charge < -0.3 is 9.84 Å². The number of nitrogens with zero attached hydrogens (tertiary/aromatic N) is 1. The molecule has 1 unspecified atom stereocenters. The molecule has 1 rings (SSSR count). The lowest BCUT2D eigenvalue weighted by molar-refractivity contribution is 0.0951. The fourth-order valence-corrected chi connectivity index (χ4v) is 2.69. The maximum absolute atomic E-state index is 11.8. The molecule has 0 aliphatic rings. The van der Waals surface area contributed by atoms with E-state index in [9.17, 15) is 4.79 Å². The van der Waals surface area contributed by atoms with Gasteiger partial charge in [0.1, 0.15) is 11.3 Å². The number of carbonyl (C=O) groups is 1. The van der Waals surface area contributed by atoms with Crippen LogP contribution >= 0.6 is 15.9 Å². The fourth-order valence-electron chi connectivity index (χ4n) is 1.55. The van der Waals surface area contributed by atoms with Gasteiger partial charge in [-0.25, -0.2) is 0 Å².